The van der Waals surface area contributed by atoms with E-state index in [0.29, 0.717) is 13.0 Å². The number of pyridine rings is 1. The summed E-state index contributed by atoms with van der Waals surface area (Å²) >= 11 is 0. The molecule has 106 valence electrons. The van der Waals surface area contributed by atoms with Crippen molar-refractivity contribution in [1.29, 1.82) is 0 Å². The van der Waals surface area contributed by atoms with Gasteiger partial charge in [0.15, 0.2) is 5.03 Å². The van der Waals surface area contributed by atoms with E-state index in [-0.39, 0.29) is 16.8 Å². The monoisotopic (exact) mass is 286 g/mol. The topological polar surface area (TPSA) is 106 Å². The van der Waals surface area contributed by atoms with Crippen molar-refractivity contribution < 1.29 is 13.2 Å². The Morgan fingerprint density at radius 1 is 1.58 bits per heavy atom. The number of nitrogens with two attached hydrogens (primary N) is 1. The third-order valence-corrected chi connectivity index (χ3v) is 5.00. The van der Waals surface area contributed by atoms with Crippen LogP contribution in [0.5, 0.6) is 0 Å². The highest BCUT2D eigenvalue weighted by atomic mass is 32.2. The van der Waals surface area contributed by atoms with Crippen LogP contribution >= 0.6 is 0 Å². The van der Waals surface area contributed by atoms with Crippen LogP contribution in [0, 0.1) is 0 Å². The molecule has 0 spiro atoms. The average molecular weight is 286 g/mol. The molecule has 0 radical (unpaired) electrons. The van der Waals surface area contributed by atoms with Crippen LogP contribution in [0.3, 0.4) is 0 Å². The molecule has 2 heterocycles. The SMILES string of the molecule is CC1OCCC1(C)NS(=O)(=O)c1ncccc1NN. The van der Waals surface area contributed by atoms with Crippen molar-refractivity contribution >= 4 is 15.7 Å². The van der Waals surface area contributed by atoms with Crippen LogP contribution in [-0.2, 0) is 14.8 Å². The van der Waals surface area contributed by atoms with Crippen molar-refractivity contribution in [3.05, 3.63) is 18.3 Å². The Morgan fingerprint density at radius 3 is 2.89 bits per heavy atom. The van der Waals surface area contributed by atoms with Gasteiger partial charge in [0, 0.05) is 12.8 Å². The van der Waals surface area contributed by atoms with E-state index in [9.17, 15) is 8.42 Å². The molecule has 1 aliphatic heterocycles. The smallest absolute Gasteiger partial charge is 0.260 e. The van der Waals surface area contributed by atoms with Crippen molar-refractivity contribution in [3.8, 4) is 0 Å². The molecule has 2 unspecified atom stereocenters. The lowest BCUT2D eigenvalue weighted by atomic mass is 9.97. The van der Waals surface area contributed by atoms with Crippen LogP contribution in [-0.4, -0.2) is 31.7 Å². The molecule has 0 aromatic carbocycles. The number of nitrogens with zero attached hydrogens (tertiary/aromatic N) is 1. The minimum atomic E-state index is -3.76. The van der Waals surface area contributed by atoms with Crippen LogP contribution < -0.4 is 16.0 Å². The first-order valence-corrected chi connectivity index (χ1v) is 7.44. The fourth-order valence-electron chi connectivity index (χ4n) is 2.04. The maximum Gasteiger partial charge on any atom is 0.260 e. The summed E-state index contributed by atoms with van der Waals surface area (Å²) in [7, 11) is -3.76. The van der Waals surface area contributed by atoms with E-state index in [4.69, 9.17) is 10.6 Å². The molecule has 2 rings (SSSR count). The molecule has 7 nitrogen and oxygen atoms in total. The number of hydrogen-bond acceptors (Lipinski definition) is 6. The zero-order valence-electron chi connectivity index (χ0n) is 10.9. The Kier molecular flexibility index (Phi) is 3.77. The Morgan fingerprint density at radius 2 is 2.32 bits per heavy atom. The maximum absolute atomic E-state index is 12.4. The molecule has 1 aliphatic rings. The number of nitrogens with one attached hydrogen (secondary N) is 2. The molecule has 1 fully saturated rings. The summed E-state index contributed by atoms with van der Waals surface area (Å²) in [6, 6.07) is 3.16. The van der Waals surface area contributed by atoms with Crippen LogP contribution in [0.1, 0.15) is 20.3 Å². The van der Waals surface area contributed by atoms with E-state index in [1.165, 1.54) is 6.20 Å². The largest absolute Gasteiger partial charge is 0.376 e. The Balaban J connectivity index is 2.33. The van der Waals surface area contributed by atoms with Gasteiger partial charge in [0.25, 0.3) is 10.0 Å². The molecule has 1 aromatic heterocycles. The quantitative estimate of drug-likeness (QED) is 0.540. The molecule has 19 heavy (non-hydrogen) atoms. The number of hydrogen-bond donors (Lipinski definition) is 3. The van der Waals surface area contributed by atoms with Gasteiger partial charge in [-0.2, -0.15) is 0 Å². The first kappa shape index (κ1) is 14.2. The highest BCUT2D eigenvalue weighted by Crippen LogP contribution is 2.28. The highest BCUT2D eigenvalue weighted by Gasteiger charge is 2.41. The van der Waals surface area contributed by atoms with Gasteiger partial charge in [0.1, 0.15) is 0 Å². The minimum absolute atomic E-state index is 0.113. The zero-order valence-corrected chi connectivity index (χ0v) is 11.7. The van der Waals surface area contributed by atoms with Crippen molar-refractivity contribution in [1.82, 2.24) is 9.71 Å². The number of sulfonamides is 1. The van der Waals surface area contributed by atoms with Gasteiger partial charge in [0.05, 0.1) is 17.3 Å². The number of nitrogen functional groups attached to an aromatic ring is 1. The molecule has 2 atom stereocenters. The van der Waals surface area contributed by atoms with E-state index in [0.717, 1.165) is 0 Å². The first-order chi connectivity index (χ1) is 8.89. The summed E-state index contributed by atoms with van der Waals surface area (Å²) in [5, 5.41) is -0.113. The Labute approximate surface area is 112 Å². The predicted molar refractivity (Wildman–Crippen MR) is 70.8 cm³/mol. The highest BCUT2D eigenvalue weighted by molar-refractivity contribution is 7.89. The normalized spacial score (nSPS) is 27.4. The molecule has 8 heteroatoms. The van der Waals surface area contributed by atoms with E-state index in [1.54, 1.807) is 12.1 Å². The van der Waals surface area contributed by atoms with E-state index >= 15 is 0 Å². The second kappa shape index (κ2) is 5.04. The van der Waals surface area contributed by atoms with Crippen molar-refractivity contribution in [2.75, 3.05) is 12.0 Å². The van der Waals surface area contributed by atoms with E-state index in [1.807, 2.05) is 13.8 Å². The fraction of sp³-hybridized carbons (Fsp3) is 0.545. The minimum Gasteiger partial charge on any atom is -0.376 e. The second-order valence-electron chi connectivity index (χ2n) is 4.79. The predicted octanol–water partition coefficient (Wildman–Crippen LogP) is 0.213. The third kappa shape index (κ3) is 2.71. The van der Waals surface area contributed by atoms with Crippen molar-refractivity contribution in [2.45, 2.75) is 36.9 Å². The lowest BCUT2D eigenvalue weighted by Gasteiger charge is -2.28. The molecule has 4 N–H and O–H groups in total. The lowest BCUT2D eigenvalue weighted by Crippen LogP contribution is -2.50. The van der Waals surface area contributed by atoms with Crippen LogP contribution in [0.25, 0.3) is 0 Å². The zero-order chi connectivity index (χ0) is 14.1. The third-order valence-electron chi connectivity index (χ3n) is 3.44. The van der Waals surface area contributed by atoms with Gasteiger partial charge < -0.3 is 10.2 Å². The summed E-state index contributed by atoms with van der Waals surface area (Å²) in [5.41, 5.74) is 1.96. The molecule has 0 aliphatic carbocycles. The molecule has 0 amide bonds. The Hall–Kier alpha value is -1.22. The number of hydrazine groups is 1. The molecule has 0 saturated carbocycles. The van der Waals surface area contributed by atoms with Gasteiger partial charge in [-0.25, -0.2) is 18.1 Å². The van der Waals surface area contributed by atoms with Gasteiger partial charge in [0.2, 0.25) is 0 Å². The summed E-state index contributed by atoms with van der Waals surface area (Å²) in [5.74, 6) is 5.31. The standard InChI is InChI=1S/C11H18N4O3S/c1-8-11(2,5-7-18-8)15-19(16,17)10-9(14-12)4-3-6-13-10/h3-4,6,8,14-15H,5,7,12H2,1-2H3. The summed E-state index contributed by atoms with van der Waals surface area (Å²) in [4.78, 5) is 3.89. The van der Waals surface area contributed by atoms with E-state index in [2.05, 4.69) is 15.1 Å². The van der Waals surface area contributed by atoms with Crippen LogP contribution in [0.4, 0.5) is 5.69 Å². The van der Waals surface area contributed by atoms with Crippen LogP contribution in [0.15, 0.2) is 23.4 Å². The van der Waals surface area contributed by atoms with Gasteiger partial charge in [-0.3, -0.25) is 5.84 Å². The summed E-state index contributed by atoms with van der Waals surface area (Å²) < 4.78 is 32.9. The number of aromatic nitrogens is 1. The van der Waals surface area contributed by atoms with Gasteiger partial charge in [-0.1, -0.05) is 0 Å². The van der Waals surface area contributed by atoms with Gasteiger partial charge >= 0.3 is 0 Å². The van der Waals surface area contributed by atoms with Crippen molar-refractivity contribution in [2.24, 2.45) is 5.84 Å². The fourth-order valence-corrected chi connectivity index (χ4v) is 3.63. The Bertz CT molecular complexity index is 563. The molecular formula is C11H18N4O3S. The first-order valence-electron chi connectivity index (χ1n) is 5.96. The average Bonchev–Trinajstić information content (AvgIpc) is 2.68. The molecule has 1 aromatic rings. The number of rotatable bonds is 4. The van der Waals surface area contributed by atoms with Crippen molar-refractivity contribution in [3.63, 3.8) is 0 Å². The van der Waals surface area contributed by atoms with Crippen LogP contribution in [0.2, 0.25) is 0 Å². The second-order valence-corrected chi connectivity index (χ2v) is 6.38. The summed E-state index contributed by atoms with van der Waals surface area (Å²) in [6.07, 6.45) is 1.83. The maximum atomic E-state index is 12.4. The van der Waals surface area contributed by atoms with Gasteiger partial charge in [-0.05, 0) is 32.4 Å². The molecule has 0 bridgehead atoms. The number of ether oxygens (including phenoxy) is 1. The molecular weight excluding hydrogens is 268 g/mol. The van der Waals surface area contributed by atoms with Gasteiger partial charge in [-0.15, -0.1) is 0 Å². The van der Waals surface area contributed by atoms with E-state index < -0.39 is 15.6 Å². The number of anilines is 1. The lowest BCUT2D eigenvalue weighted by molar-refractivity contribution is 0.0957. The summed E-state index contributed by atoms with van der Waals surface area (Å²) in [6.45, 7) is 4.20. The molecule has 1 saturated heterocycles.